The zero-order chi connectivity index (χ0) is 57.1. The SMILES string of the molecule is Cc1ncsc1-c1ccc(CNC(=O)[C@@H]2C[C@@H](O)CN2C(=O)[C@@H](NC(=O)c2ccc(OCCCCCCOc3ncc(N4C(=S)N(c5ccc(C#N)c(C(F)(F)F)c5F)C(=O)C4(C)C)cc3C(F)(F)F)cc2)C(C)(C)C)cc1. The van der Waals surface area contributed by atoms with Crippen molar-refractivity contribution >= 4 is 63.7 Å². The van der Waals surface area contributed by atoms with Gasteiger partial charge in [0.15, 0.2) is 10.9 Å². The molecular formula is C54H55F7N8O7S2. The van der Waals surface area contributed by atoms with E-state index in [2.05, 4.69) is 20.6 Å². The fourth-order valence-corrected chi connectivity index (χ4v) is 10.4. The van der Waals surface area contributed by atoms with E-state index in [9.17, 15) is 50.6 Å². The number of aliphatic hydroxyl groups is 1. The average molecular weight is 1130 g/mol. The van der Waals surface area contributed by atoms with E-state index in [1.807, 2.05) is 31.2 Å². The van der Waals surface area contributed by atoms with Crippen molar-refractivity contribution in [2.75, 3.05) is 29.6 Å². The van der Waals surface area contributed by atoms with Gasteiger partial charge in [0.25, 0.3) is 11.8 Å². The number of nitriles is 1. The van der Waals surface area contributed by atoms with Crippen molar-refractivity contribution < 1.29 is 64.5 Å². The maximum atomic E-state index is 15.5. The third-order valence-corrected chi connectivity index (χ3v) is 14.5. The number of pyridine rings is 1. The van der Waals surface area contributed by atoms with Crippen molar-refractivity contribution in [1.82, 2.24) is 25.5 Å². The molecule has 2 aliphatic heterocycles. The van der Waals surface area contributed by atoms with Gasteiger partial charge >= 0.3 is 12.4 Å². The molecule has 0 saturated carbocycles. The molecule has 2 aliphatic rings. The van der Waals surface area contributed by atoms with Gasteiger partial charge in [0.2, 0.25) is 17.7 Å². The molecule has 4 amide bonds. The molecule has 5 aromatic rings. The molecule has 2 aromatic heterocycles. The van der Waals surface area contributed by atoms with Gasteiger partial charge in [0, 0.05) is 25.1 Å². The number of rotatable bonds is 18. The molecule has 3 atom stereocenters. The second-order valence-electron chi connectivity index (χ2n) is 20.3. The third kappa shape index (κ3) is 12.9. The molecule has 0 aliphatic carbocycles. The lowest BCUT2D eigenvalue weighted by Crippen LogP contribution is -2.57. The van der Waals surface area contributed by atoms with Gasteiger partial charge in [-0.15, -0.1) is 11.3 Å². The standard InChI is InChI=1S/C54H55F7N8O7S2/c1-30-43(78-29-65-30)32-13-11-31(12-14-32)26-63-46(72)40-24-36(70)28-67(40)48(73)44(51(2,3)4)66-45(71)33-15-18-37(19-16-33)75-21-9-7-8-10-22-76-47-38(53(56,57)58)23-35(27-64-47)69-50(77)68(49(74)52(69,5)6)39-20-17-34(25-62)41(42(39)55)54(59,60)61/h11-20,23,27,29,36,40,44,70H,7-10,21-22,24,26,28H2,1-6H3,(H,63,72)(H,66,71)/t36-,40+,44-/m1/s1. The molecule has 2 fully saturated rings. The number of hydrogen-bond acceptors (Lipinski definition) is 12. The molecule has 2 saturated heterocycles. The minimum Gasteiger partial charge on any atom is -0.494 e. The maximum Gasteiger partial charge on any atom is 0.421 e. The number of thiocarbonyl (C=S) groups is 1. The molecule has 78 heavy (non-hydrogen) atoms. The van der Waals surface area contributed by atoms with E-state index in [0.29, 0.717) is 48.5 Å². The summed E-state index contributed by atoms with van der Waals surface area (Å²) < 4.78 is 111. The number of benzene rings is 3. The first-order chi connectivity index (χ1) is 36.6. The molecule has 4 heterocycles. The van der Waals surface area contributed by atoms with Crippen LogP contribution in [0.25, 0.3) is 10.4 Å². The van der Waals surface area contributed by atoms with Crippen LogP contribution < -0.4 is 29.9 Å². The zero-order valence-corrected chi connectivity index (χ0v) is 44.8. The summed E-state index contributed by atoms with van der Waals surface area (Å²) >= 11 is 6.90. The predicted molar refractivity (Wildman–Crippen MR) is 279 cm³/mol. The van der Waals surface area contributed by atoms with Gasteiger partial charge in [-0.1, -0.05) is 45.0 Å². The number of aromatic nitrogens is 2. The molecule has 24 heteroatoms. The molecular weight excluding hydrogens is 1070 g/mol. The number of aliphatic hydroxyl groups excluding tert-OH is 1. The highest BCUT2D eigenvalue weighted by molar-refractivity contribution is 7.81. The highest BCUT2D eigenvalue weighted by Gasteiger charge is 2.53. The molecule has 15 nitrogen and oxygen atoms in total. The summed E-state index contributed by atoms with van der Waals surface area (Å²) in [5.74, 6) is -4.83. The Morgan fingerprint density at radius 2 is 1.59 bits per heavy atom. The minimum atomic E-state index is -5.33. The lowest BCUT2D eigenvalue weighted by molar-refractivity contribution is -0.142. The number of aryl methyl sites for hydroxylation is 1. The number of carbonyl (C=O) groups is 4. The van der Waals surface area contributed by atoms with E-state index in [0.717, 1.165) is 38.9 Å². The number of alkyl halides is 6. The van der Waals surface area contributed by atoms with Gasteiger partial charge in [-0.3, -0.25) is 24.1 Å². The first-order valence-electron chi connectivity index (χ1n) is 24.6. The number of halogens is 7. The van der Waals surface area contributed by atoms with Crippen LogP contribution in [0.15, 0.2) is 78.4 Å². The van der Waals surface area contributed by atoms with Gasteiger partial charge in [0.05, 0.1) is 64.6 Å². The van der Waals surface area contributed by atoms with Crippen LogP contribution in [0.4, 0.5) is 42.1 Å². The quantitative estimate of drug-likeness (QED) is 0.0428. The van der Waals surface area contributed by atoms with Crippen molar-refractivity contribution in [2.45, 2.75) is 116 Å². The van der Waals surface area contributed by atoms with Gasteiger partial charge in [-0.25, -0.2) is 14.4 Å². The monoisotopic (exact) mass is 1120 g/mol. The lowest BCUT2D eigenvalue weighted by Gasteiger charge is -2.35. The van der Waals surface area contributed by atoms with Crippen molar-refractivity contribution in [3.05, 3.63) is 118 Å². The van der Waals surface area contributed by atoms with Crippen LogP contribution >= 0.6 is 23.6 Å². The smallest absolute Gasteiger partial charge is 0.421 e. The lowest BCUT2D eigenvalue weighted by atomic mass is 9.85. The Labute approximate surface area is 454 Å². The van der Waals surface area contributed by atoms with E-state index in [1.165, 1.54) is 48.3 Å². The summed E-state index contributed by atoms with van der Waals surface area (Å²) in [5, 5.41) is 24.9. The second-order valence-corrected chi connectivity index (χ2v) is 21.5. The number of nitrogens with zero attached hydrogens (tertiary/aromatic N) is 6. The topological polar surface area (TPSA) is 190 Å². The summed E-state index contributed by atoms with van der Waals surface area (Å²) in [5.41, 5.74) is -3.46. The fourth-order valence-electron chi connectivity index (χ4n) is 9.04. The molecule has 0 unspecified atom stereocenters. The Balaban J connectivity index is 0.874. The van der Waals surface area contributed by atoms with Crippen LogP contribution in [-0.2, 0) is 33.3 Å². The van der Waals surface area contributed by atoms with Crippen LogP contribution in [0.2, 0.25) is 0 Å². The Bertz CT molecular complexity index is 3100. The van der Waals surface area contributed by atoms with Crippen LogP contribution in [0.3, 0.4) is 0 Å². The molecule has 0 radical (unpaired) electrons. The first kappa shape index (κ1) is 58.5. The van der Waals surface area contributed by atoms with E-state index < -0.39 is 104 Å². The molecule has 0 spiro atoms. The summed E-state index contributed by atoms with van der Waals surface area (Å²) in [4.78, 5) is 66.7. The average Bonchev–Trinajstić information content (AvgIpc) is 4.19. The Hall–Kier alpha value is -7.23. The highest BCUT2D eigenvalue weighted by atomic mass is 32.1. The number of carbonyl (C=O) groups excluding carboxylic acids is 4. The number of thiazole rings is 1. The molecule has 0 bridgehead atoms. The van der Waals surface area contributed by atoms with Crippen LogP contribution in [-0.4, -0.2) is 92.2 Å². The summed E-state index contributed by atoms with van der Waals surface area (Å²) in [6.45, 7) is 9.98. The van der Waals surface area contributed by atoms with Crippen LogP contribution in [0.1, 0.15) is 105 Å². The first-order valence-corrected chi connectivity index (χ1v) is 25.9. The number of hydrogen-bond donors (Lipinski definition) is 3. The molecule has 3 aromatic carbocycles. The Morgan fingerprint density at radius 1 is 0.936 bits per heavy atom. The van der Waals surface area contributed by atoms with Crippen molar-refractivity contribution in [2.24, 2.45) is 5.41 Å². The summed E-state index contributed by atoms with van der Waals surface area (Å²) in [7, 11) is 0. The van der Waals surface area contributed by atoms with E-state index in [1.54, 1.807) is 38.4 Å². The second kappa shape index (κ2) is 23.4. The van der Waals surface area contributed by atoms with Gasteiger partial charge in [-0.05, 0) is 118 Å². The maximum absolute atomic E-state index is 15.5. The molecule has 3 N–H and O–H groups in total. The Morgan fingerprint density at radius 3 is 2.18 bits per heavy atom. The number of anilines is 2. The third-order valence-electron chi connectivity index (χ3n) is 13.2. The zero-order valence-electron chi connectivity index (χ0n) is 43.1. The van der Waals surface area contributed by atoms with Crippen molar-refractivity contribution in [3.63, 3.8) is 0 Å². The van der Waals surface area contributed by atoms with Crippen molar-refractivity contribution in [1.29, 1.82) is 5.26 Å². The molecule has 7 rings (SSSR count). The fraction of sp³-hybridized carbons (Fsp3) is 0.407. The number of amides is 4. The largest absolute Gasteiger partial charge is 0.494 e. The summed E-state index contributed by atoms with van der Waals surface area (Å²) in [6, 6.07) is 15.2. The minimum absolute atomic E-state index is 0.0347. The van der Waals surface area contributed by atoms with E-state index in [-0.39, 0.29) is 44.0 Å². The Kier molecular flexibility index (Phi) is 17.5. The number of nitrogens with one attached hydrogen (secondary N) is 2. The number of unbranched alkanes of at least 4 members (excludes halogenated alkanes) is 3. The summed E-state index contributed by atoms with van der Waals surface area (Å²) in [6.07, 6.45) is -8.32. The van der Waals surface area contributed by atoms with Gasteiger partial charge < -0.3 is 35.0 Å². The van der Waals surface area contributed by atoms with E-state index in [4.69, 9.17) is 27.0 Å². The highest BCUT2D eigenvalue weighted by Crippen LogP contribution is 2.44. The number of β-amino-alcohol motifs (C(OH)–C–C–N with tert-alkyl or cyclic N) is 1. The number of ether oxygens (including phenoxy) is 2. The van der Waals surface area contributed by atoms with Gasteiger partial charge in [-0.2, -0.15) is 31.6 Å². The number of likely N-dealkylation sites (tertiary alicyclic amines) is 1. The molecule has 414 valence electrons. The predicted octanol–water partition coefficient (Wildman–Crippen LogP) is 9.92. The van der Waals surface area contributed by atoms with Crippen molar-refractivity contribution in [3.8, 4) is 28.1 Å². The van der Waals surface area contributed by atoms with Gasteiger partial charge in [0.1, 0.15) is 34.5 Å². The van der Waals surface area contributed by atoms with Crippen LogP contribution in [0, 0.1) is 29.5 Å². The normalized spacial score (nSPS) is 17.0. The van der Waals surface area contributed by atoms with Crippen LogP contribution in [0.5, 0.6) is 11.6 Å². The van der Waals surface area contributed by atoms with E-state index >= 15 is 4.39 Å².